The standard InChI is InChI=1S/C21H22N4O3/c26-20(15-25-21(27)19-9-5-4-6-16(19)12-23-25)22-13-18-14-24(10-11-28-18)17-7-2-1-3-8-17/h1-9,12,18H,10-11,13-15H2,(H,22,26)/t18-/m0/s1. The van der Waals surface area contributed by atoms with Gasteiger partial charge in [0.1, 0.15) is 6.54 Å². The number of anilines is 1. The van der Waals surface area contributed by atoms with E-state index in [4.69, 9.17) is 4.74 Å². The van der Waals surface area contributed by atoms with Gasteiger partial charge in [0.15, 0.2) is 0 Å². The van der Waals surface area contributed by atoms with E-state index in [1.54, 1.807) is 18.3 Å². The number of ether oxygens (including phenoxy) is 1. The molecule has 28 heavy (non-hydrogen) atoms. The Morgan fingerprint density at radius 1 is 1.14 bits per heavy atom. The van der Waals surface area contributed by atoms with Gasteiger partial charge in [-0.15, -0.1) is 0 Å². The molecule has 1 aromatic heterocycles. The molecule has 3 aromatic rings. The number of para-hydroxylation sites is 1. The summed E-state index contributed by atoms with van der Waals surface area (Å²) in [7, 11) is 0. The van der Waals surface area contributed by atoms with Crippen molar-refractivity contribution in [1.29, 1.82) is 0 Å². The Kier molecular flexibility index (Phi) is 5.34. The SMILES string of the molecule is O=C(Cn1ncc2ccccc2c1=O)NC[C@H]1CN(c2ccccc2)CCO1. The summed E-state index contributed by atoms with van der Waals surface area (Å²) < 4.78 is 6.96. The van der Waals surface area contributed by atoms with Gasteiger partial charge in [-0.3, -0.25) is 9.59 Å². The number of nitrogens with zero attached hydrogens (tertiary/aromatic N) is 3. The molecular formula is C21H22N4O3. The average Bonchev–Trinajstić information content (AvgIpc) is 2.75. The first-order chi connectivity index (χ1) is 13.7. The summed E-state index contributed by atoms with van der Waals surface area (Å²) in [4.78, 5) is 27.0. The van der Waals surface area contributed by atoms with Gasteiger partial charge in [0, 0.05) is 30.7 Å². The van der Waals surface area contributed by atoms with Gasteiger partial charge in [-0.1, -0.05) is 36.4 Å². The van der Waals surface area contributed by atoms with Gasteiger partial charge in [-0.2, -0.15) is 5.10 Å². The maximum atomic E-state index is 12.5. The van der Waals surface area contributed by atoms with Crippen LogP contribution < -0.4 is 15.8 Å². The van der Waals surface area contributed by atoms with Crippen LogP contribution in [0, 0.1) is 0 Å². The van der Waals surface area contributed by atoms with Gasteiger partial charge in [0.2, 0.25) is 5.91 Å². The molecule has 1 N–H and O–H groups in total. The fourth-order valence-corrected chi connectivity index (χ4v) is 3.38. The number of benzene rings is 2. The van der Waals surface area contributed by atoms with Crippen molar-refractivity contribution in [2.24, 2.45) is 0 Å². The van der Waals surface area contributed by atoms with E-state index in [2.05, 4.69) is 27.4 Å². The van der Waals surface area contributed by atoms with Gasteiger partial charge < -0.3 is 15.0 Å². The molecule has 1 saturated heterocycles. The average molecular weight is 378 g/mol. The number of nitrogens with one attached hydrogen (secondary N) is 1. The summed E-state index contributed by atoms with van der Waals surface area (Å²) in [5.41, 5.74) is 0.881. The van der Waals surface area contributed by atoms with Crippen molar-refractivity contribution in [2.75, 3.05) is 31.1 Å². The third-order valence-electron chi connectivity index (χ3n) is 4.84. The second-order valence-corrected chi connectivity index (χ2v) is 6.77. The number of morpholine rings is 1. The number of aromatic nitrogens is 2. The van der Waals surface area contributed by atoms with E-state index in [1.807, 2.05) is 30.3 Å². The highest BCUT2D eigenvalue weighted by molar-refractivity contribution is 5.81. The van der Waals surface area contributed by atoms with Crippen LogP contribution in [0.3, 0.4) is 0 Å². The molecule has 1 amide bonds. The lowest BCUT2D eigenvalue weighted by atomic mass is 10.2. The van der Waals surface area contributed by atoms with Crippen LogP contribution in [0.5, 0.6) is 0 Å². The Morgan fingerprint density at radius 3 is 2.79 bits per heavy atom. The molecule has 2 heterocycles. The van der Waals surface area contributed by atoms with Crippen molar-refractivity contribution in [3.63, 3.8) is 0 Å². The first-order valence-corrected chi connectivity index (χ1v) is 9.34. The molecule has 1 fully saturated rings. The highest BCUT2D eigenvalue weighted by Gasteiger charge is 2.21. The van der Waals surface area contributed by atoms with E-state index >= 15 is 0 Å². The lowest BCUT2D eigenvalue weighted by Crippen LogP contribution is -2.48. The number of hydrogen-bond donors (Lipinski definition) is 1. The lowest BCUT2D eigenvalue weighted by molar-refractivity contribution is -0.122. The van der Waals surface area contributed by atoms with Crippen molar-refractivity contribution < 1.29 is 9.53 Å². The molecule has 144 valence electrons. The van der Waals surface area contributed by atoms with Crippen LogP contribution in [-0.4, -0.2) is 48.0 Å². The van der Waals surface area contributed by atoms with Crippen LogP contribution in [0.1, 0.15) is 0 Å². The Bertz CT molecular complexity index is 1020. The van der Waals surface area contributed by atoms with Gasteiger partial charge in [-0.25, -0.2) is 4.68 Å². The molecule has 0 saturated carbocycles. The summed E-state index contributed by atoms with van der Waals surface area (Å²) in [5.74, 6) is -0.259. The number of hydrogen-bond acceptors (Lipinski definition) is 5. The molecule has 1 atom stereocenters. The molecule has 0 radical (unpaired) electrons. The van der Waals surface area contributed by atoms with Crippen molar-refractivity contribution in [3.05, 3.63) is 71.1 Å². The van der Waals surface area contributed by atoms with Crippen LogP contribution >= 0.6 is 0 Å². The van der Waals surface area contributed by atoms with Crippen LogP contribution in [0.2, 0.25) is 0 Å². The quantitative estimate of drug-likeness (QED) is 0.727. The van der Waals surface area contributed by atoms with Crippen molar-refractivity contribution in [2.45, 2.75) is 12.6 Å². The first-order valence-electron chi connectivity index (χ1n) is 9.34. The number of fused-ring (bicyclic) bond motifs is 1. The van der Waals surface area contributed by atoms with Crippen LogP contribution in [-0.2, 0) is 16.1 Å². The van der Waals surface area contributed by atoms with Gasteiger partial charge >= 0.3 is 0 Å². The van der Waals surface area contributed by atoms with Crippen molar-refractivity contribution >= 4 is 22.4 Å². The molecule has 7 nitrogen and oxygen atoms in total. The zero-order chi connectivity index (χ0) is 19.3. The summed E-state index contributed by atoms with van der Waals surface area (Å²) in [6.07, 6.45) is 1.51. The second kappa shape index (κ2) is 8.22. The van der Waals surface area contributed by atoms with E-state index in [1.165, 1.54) is 4.68 Å². The largest absolute Gasteiger partial charge is 0.373 e. The summed E-state index contributed by atoms with van der Waals surface area (Å²) in [6, 6.07) is 17.4. The van der Waals surface area contributed by atoms with Gasteiger partial charge in [-0.05, 0) is 18.2 Å². The van der Waals surface area contributed by atoms with E-state index in [0.29, 0.717) is 25.1 Å². The second-order valence-electron chi connectivity index (χ2n) is 6.77. The van der Waals surface area contributed by atoms with Crippen LogP contribution in [0.25, 0.3) is 10.8 Å². The monoisotopic (exact) mass is 378 g/mol. The lowest BCUT2D eigenvalue weighted by Gasteiger charge is -2.34. The molecular weight excluding hydrogens is 356 g/mol. The molecule has 1 aliphatic heterocycles. The topological polar surface area (TPSA) is 76.5 Å². The first kappa shape index (κ1) is 18.2. The number of rotatable bonds is 5. The smallest absolute Gasteiger partial charge is 0.275 e. The molecule has 0 bridgehead atoms. The molecule has 4 rings (SSSR count). The Hall–Kier alpha value is -3.19. The zero-order valence-electron chi connectivity index (χ0n) is 15.5. The van der Waals surface area contributed by atoms with Gasteiger partial charge in [0.05, 0.1) is 24.3 Å². The minimum atomic E-state index is -0.266. The Morgan fingerprint density at radius 2 is 1.93 bits per heavy atom. The van der Waals surface area contributed by atoms with E-state index in [9.17, 15) is 9.59 Å². The number of carbonyl (C=O) groups excluding carboxylic acids is 1. The molecule has 0 aliphatic carbocycles. The Labute approximate surface area is 162 Å². The minimum Gasteiger partial charge on any atom is -0.373 e. The highest BCUT2D eigenvalue weighted by Crippen LogP contribution is 2.16. The molecule has 0 unspecified atom stereocenters. The fraction of sp³-hybridized carbons (Fsp3) is 0.286. The minimum absolute atomic E-state index is 0.0980. The maximum Gasteiger partial charge on any atom is 0.275 e. The van der Waals surface area contributed by atoms with Gasteiger partial charge in [0.25, 0.3) is 5.56 Å². The zero-order valence-corrected chi connectivity index (χ0v) is 15.5. The van der Waals surface area contributed by atoms with Crippen LogP contribution in [0.4, 0.5) is 5.69 Å². The van der Waals surface area contributed by atoms with E-state index in [0.717, 1.165) is 17.6 Å². The molecule has 7 heteroatoms. The van der Waals surface area contributed by atoms with E-state index < -0.39 is 0 Å². The van der Waals surface area contributed by atoms with Crippen molar-refractivity contribution in [1.82, 2.24) is 15.1 Å². The fourth-order valence-electron chi connectivity index (χ4n) is 3.38. The summed E-state index contributed by atoms with van der Waals surface area (Å²) in [5, 5.41) is 8.27. The highest BCUT2D eigenvalue weighted by atomic mass is 16.5. The summed E-state index contributed by atoms with van der Waals surface area (Å²) in [6.45, 7) is 2.42. The number of amides is 1. The third kappa shape index (κ3) is 4.04. The predicted octanol–water partition coefficient (Wildman–Crippen LogP) is 1.42. The van der Waals surface area contributed by atoms with Crippen LogP contribution in [0.15, 0.2) is 65.6 Å². The number of carbonyl (C=O) groups is 1. The van der Waals surface area contributed by atoms with E-state index in [-0.39, 0.29) is 24.1 Å². The van der Waals surface area contributed by atoms with Crippen molar-refractivity contribution in [3.8, 4) is 0 Å². The summed E-state index contributed by atoms with van der Waals surface area (Å²) >= 11 is 0. The maximum absolute atomic E-state index is 12.5. The predicted molar refractivity (Wildman–Crippen MR) is 107 cm³/mol. The Balaban J connectivity index is 1.34. The molecule has 2 aromatic carbocycles. The normalized spacial score (nSPS) is 16.9. The third-order valence-corrected chi connectivity index (χ3v) is 4.84. The molecule has 1 aliphatic rings. The molecule has 0 spiro atoms.